The Hall–Kier alpha value is -1.38. The zero-order valence-electron chi connectivity index (χ0n) is 13.3. The van der Waals surface area contributed by atoms with Crippen molar-refractivity contribution >= 4 is 34.2 Å². The maximum atomic E-state index is 12.4. The number of hydrogen-bond acceptors (Lipinski definition) is 5. The molecule has 0 saturated carbocycles. The first-order chi connectivity index (χ1) is 10.3. The van der Waals surface area contributed by atoms with Gasteiger partial charge in [-0.15, -0.1) is 16.8 Å². The number of fused-ring (bicyclic) bond motifs is 1. The van der Waals surface area contributed by atoms with Gasteiger partial charge in [0.15, 0.2) is 0 Å². The fourth-order valence-electron chi connectivity index (χ4n) is 2.41. The fraction of sp³-hybridized carbons (Fsp3) is 0.571. The van der Waals surface area contributed by atoms with Crippen molar-refractivity contribution in [1.82, 2.24) is 10.2 Å². The summed E-state index contributed by atoms with van der Waals surface area (Å²) in [6.07, 6.45) is 6.26. The highest BCUT2D eigenvalue weighted by Gasteiger charge is 2.29. The summed E-state index contributed by atoms with van der Waals surface area (Å²) in [5.74, 6) is 0.0867. The maximum absolute atomic E-state index is 12.4. The molecule has 9 heteroatoms. The Morgan fingerprint density at radius 1 is 1.39 bits per heavy atom. The second-order valence-corrected chi connectivity index (χ2v) is 7.25. The van der Waals surface area contributed by atoms with Gasteiger partial charge in [-0.05, 0) is 25.0 Å². The van der Waals surface area contributed by atoms with E-state index in [1.165, 1.54) is 0 Å². The lowest BCUT2D eigenvalue weighted by Crippen LogP contribution is -2.53. The highest BCUT2D eigenvalue weighted by molar-refractivity contribution is 7.90. The van der Waals surface area contributed by atoms with E-state index in [2.05, 4.69) is 9.71 Å². The molecule has 2 heterocycles. The summed E-state index contributed by atoms with van der Waals surface area (Å²) in [4.78, 5) is 14.1. The Kier molecular flexibility index (Phi) is 6.38. The molecule has 0 spiro atoms. The minimum absolute atomic E-state index is 0. The van der Waals surface area contributed by atoms with Crippen LogP contribution in [0.2, 0.25) is 0 Å². The molecule has 0 atom stereocenters. The summed E-state index contributed by atoms with van der Waals surface area (Å²) in [6, 6.07) is 0. The Labute approximate surface area is 143 Å². The van der Waals surface area contributed by atoms with E-state index in [0.29, 0.717) is 24.5 Å². The summed E-state index contributed by atoms with van der Waals surface area (Å²) in [7, 11) is -3.38. The van der Waals surface area contributed by atoms with Crippen molar-refractivity contribution in [2.24, 2.45) is 10.1 Å². The molecule has 7 nitrogen and oxygen atoms in total. The molecule has 130 valence electrons. The number of hydrogen-bond donors (Lipinski definition) is 2. The van der Waals surface area contributed by atoms with E-state index in [1.807, 2.05) is 13.8 Å². The van der Waals surface area contributed by atoms with Crippen LogP contribution >= 0.6 is 12.4 Å². The highest BCUT2D eigenvalue weighted by atomic mass is 35.5. The summed E-state index contributed by atoms with van der Waals surface area (Å²) in [5, 5.41) is 2.99. The molecule has 0 aromatic heterocycles. The lowest BCUT2D eigenvalue weighted by molar-refractivity contribution is -0.119. The zero-order chi connectivity index (χ0) is 16.4. The lowest BCUT2D eigenvalue weighted by Gasteiger charge is -2.33. The second kappa shape index (κ2) is 7.46. The van der Waals surface area contributed by atoms with Crippen molar-refractivity contribution in [3.05, 3.63) is 23.9 Å². The number of nitrogens with two attached hydrogens (primary N) is 1. The molecule has 2 aliphatic rings. The van der Waals surface area contributed by atoms with E-state index < -0.39 is 15.6 Å². The van der Waals surface area contributed by atoms with Gasteiger partial charge in [0.2, 0.25) is 0 Å². The first-order valence-corrected chi connectivity index (χ1v) is 8.97. The first kappa shape index (κ1) is 19.7. The molecule has 0 saturated heterocycles. The fourth-order valence-corrected chi connectivity index (χ4v) is 3.38. The normalized spacial score (nSPS) is 19.2. The van der Waals surface area contributed by atoms with Gasteiger partial charge in [-0.25, -0.2) is 8.42 Å². The van der Waals surface area contributed by atoms with E-state index >= 15 is 0 Å². The Balaban J connectivity index is 0.00000264. The third-order valence-electron chi connectivity index (χ3n) is 4.21. The Bertz CT molecular complexity index is 643. The minimum atomic E-state index is -3.38. The predicted octanol–water partition coefficient (Wildman–Crippen LogP) is 0.540. The third-order valence-corrected chi connectivity index (χ3v) is 5.37. The molecule has 0 aromatic rings. The number of nitrogens with one attached hydrogen (secondary N) is 1. The van der Waals surface area contributed by atoms with Gasteiger partial charge in [-0.3, -0.25) is 4.79 Å². The van der Waals surface area contributed by atoms with Crippen LogP contribution in [0.3, 0.4) is 0 Å². The lowest BCUT2D eigenvalue weighted by atomic mass is 9.92. The number of rotatable bonds is 5. The van der Waals surface area contributed by atoms with E-state index in [-0.39, 0.29) is 24.1 Å². The molecule has 0 aromatic carbocycles. The van der Waals surface area contributed by atoms with Crippen molar-refractivity contribution in [2.75, 3.05) is 18.8 Å². The van der Waals surface area contributed by atoms with E-state index in [0.717, 1.165) is 12.8 Å². The van der Waals surface area contributed by atoms with Gasteiger partial charge in [-0.2, -0.15) is 0 Å². The number of carbonyl (C=O) groups excluding carboxylic acids is 1. The van der Waals surface area contributed by atoms with Crippen LogP contribution < -0.4 is 11.1 Å². The van der Waals surface area contributed by atoms with Crippen LogP contribution in [0.15, 0.2) is 28.3 Å². The number of nitrogens with zero attached hydrogens (tertiary/aromatic N) is 2. The summed E-state index contributed by atoms with van der Waals surface area (Å²) >= 11 is 0. The highest BCUT2D eigenvalue weighted by Crippen LogP contribution is 2.18. The molecule has 2 rings (SSSR count). The average molecular weight is 363 g/mol. The van der Waals surface area contributed by atoms with Gasteiger partial charge >= 0.3 is 0 Å². The number of halogens is 1. The van der Waals surface area contributed by atoms with E-state index in [4.69, 9.17) is 5.73 Å². The van der Waals surface area contributed by atoms with Gasteiger partial charge in [0.1, 0.15) is 5.84 Å². The van der Waals surface area contributed by atoms with Crippen molar-refractivity contribution in [1.29, 1.82) is 0 Å². The first-order valence-electron chi connectivity index (χ1n) is 7.36. The minimum Gasteiger partial charge on any atom is -0.345 e. The number of amides is 1. The SMILES string of the molecule is CCC(CC)(CN)NC(=O)C1=CN2CCS(=O)(=O)N=C2C=C1.Cl. The van der Waals surface area contributed by atoms with E-state index in [1.54, 1.807) is 23.3 Å². The second-order valence-electron chi connectivity index (χ2n) is 5.49. The summed E-state index contributed by atoms with van der Waals surface area (Å²) in [6.45, 7) is 4.65. The summed E-state index contributed by atoms with van der Waals surface area (Å²) < 4.78 is 26.6. The van der Waals surface area contributed by atoms with Crippen LogP contribution in [0.25, 0.3) is 0 Å². The van der Waals surface area contributed by atoms with Crippen molar-refractivity contribution in [2.45, 2.75) is 32.2 Å². The topological polar surface area (TPSA) is 105 Å². The molecule has 23 heavy (non-hydrogen) atoms. The number of amidine groups is 1. The molecule has 0 unspecified atom stereocenters. The maximum Gasteiger partial charge on any atom is 0.256 e. The molecular weight excluding hydrogens is 340 g/mol. The molecule has 2 aliphatic heterocycles. The standard InChI is InChI=1S/C14H22N4O3S.ClH/c1-3-14(4-2,10-15)16-13(19)11-5-6-12-17-22(20,21)8-7-18(12)9-11;/h5-6,9H,3-4,7-8,10,15H2,1-2H3,(H,16,19);1H. The monoisotopic (exact) mass is 362 g/mol. The smallest absolute Gasteiger partial charge is 0.256 e. The van der Waals surface area contributed by atoms with Gasteiger partial charge < -0.3 is 16.0 Å². The largest absolute Gasteiger partial charge is 0.345 e. The van der Waals surface area contributed by atoms with Crippen LogP contribution in [0, 0.1) is 0 Å². The zero-order valence-corrected chi connectivity index (χ0v) is 14.9. The number of sulfonamides is 1. The van der Waals surface area contributed by atoms with Gasteiger partial charge in [0, 0.05) is 19.3 Å². The molecule has 0 bridgehead atoms. The third kappa shape index (κ3) is 4.33. The van der Waals surface area contributed by atoms with Gasteiger partial charge in [0.05, 0.1) is 16.9 Å². The van der Waals surface area contributed by atoms with Crippen molar-refractivity contribution in [3.63, 3.8) is 0 Å². The van der Waals surface area contributed by atoms with Crippen LogP contribution in [0.5, 0.6) is 0 Å². The van der Waals surface area contributed by atoms with Crippen molar-refractivity contribution in [3.8, 4) is 0 Å². The van der Waals surface area contributed by atoms with Gasteiger partial charge in [-0.1, -0.05) is 13.8 Å². The Morgan fingerprint density at radius 2 is 2.04 bits per heavy atom. The predicted molar refractivity (Wildman–Crippen MR) is 92.9 cm³/mol. The molecule has 0 radical (unpaired) electrons. The molecule has 1 amide bonds. The molecule has 3 N–H and O–H groups in total. The molecule has 0 fully saturated rings. The van der Waals surface area contributed by atoms with Crippen LogP contribution in [-0.4, -0.2) is 49.4 Å². The average Bonchev–Trinajstić information content (AvgIpc) is 2.51. The Morgan fingerprint density at radius 3 is 2.61 bits per heavy atom. The van der Waals surface area contributed by atoms with E-state index in [9.17, 15) is 13.2 Å². The number of carbonyl (C=O) groups is 1. The van der Waals surface area contributed by atoms with Crippen LogP contribution in [0.1, 0.15) is 26.7 Å². The van der Waals surface area contributed by atoms with Gasteiger partial charge in [0.25, 0.3) is 15.9 Å². The van der Waals surface area contributed by atoms with Crippen LogP contribution in [0.4, 0.5) is 0 Å². The van der Waals surface area contributed by atoms with Crippen LogP contribution in [-0.2, 0) is 14.8 Å². The molecular formula is C14H23ClN4O3S. The molecule has 0 aliphatic carbocycles. The summed E-state index contributed by atoms with van der Waals surface area (Å²) in [5.41, 5.74) is 5.85. The quantitative estimate of drug-likeness (QED) is 0.742. The van der Waals surface area contributed by atoms with Crippen molar-refractivity contribution < 1.29 is 13.2 Å².